The Morgan fingerprint density at radius 2 is 2.06 bits per heavy atom. The number of rotatable bonds is 6. The van der Waals surface area contributed by atoms with Crippen molar-refractivity contribution in [3.8, 4) is 5.75 Å². The number of nitrogens with one attached hydrogen (secondary N) is 1. The first kappa shape index (κ1) is 15.3. The minimum atomic E-state index is 0.135. The fraction of sp³-hybridized carbons (Fsp3) is 0.600. The molecule has 0 fully saturated rings. The third-order valence-electron chi connectivity index (χ3n) is 3.22. The Morgan fingerprint density at radius 1 is 1.39 bits per heavy atom. The maximum Gasteiger partial charge on any atom is 0.122 e. The normalized spacial score (nSPS) is 13.4. The van der Waals surface area contributed by atoms with Gasteiger partial charge in [-0.15, -0.1) is 0 Å². The van der Waals surface area contributed by atoms with Crippen molar-refractivity contribution < 1.29 is 4.74 Å². The summed E-state index contributed by atoms with van der Waals surface area (Å²) in [5, 5.41) is 4.26. The first-order chi connectivity index (χ1) is 8.34. The van der Waals surface area contributed by atoms with Crippen molar-refractivity contribution in [1.29, 1.82) is 0 Å². The van der Waals surface area contributed by atoms with Gasteiger partial charge in [0, 0.05) is 17.1 Å². The lowest BCUT2D eigenvalue weighted by Gasteiger charge is -2.27. The predicted molar refractivity (Wildman–Crippen MR) is 78.7 cm³/mol. The van der Waals surface area contributed by atoms with Crippen molar-refractivity contribution in [2.75, 3.05) is 6.54 Å². The lowest BCUT2D eigenvalue weighted by molar-refractivity contribution is 0.198. The Hall–Kier alpha value is -0.730. The molecule has 3 heteroatoms. The fourth-order valence-electron chi connectivity index (χ4n) is 1.55. The van der Waals surface area contributed by atoms with E-state index in [4.69, 9.17) is 16.3 Å². The molecule has 1 N–H and O–H groups in total. The minimum absolute atomic E-state index is 0.135. The first-order valence-corrected chi connectivity index (χ1v) is 6.89. The van der Waals surface area contributed by atoms with Gasteiger partial charge in [-0.2, -0.15) is 0 Å². The van der Waals surface area contributed by atoms with Crippen LogP contribution < -0.4 is 10.1 Å². The highest BCUT2D eigenvalue weighted by Gasteiger charge is 2.16. The summed E-state index contributed by atoms with van der Waals surface area (Å²) in [5.74, 6) is 0.906. The fourth-order valence-corrected chi connectivity index (χ4v) is 1.78. The van der Waals surface area contributed by atoms with Crippen LogP contribution in [0.15, 0.2) is 18.2 Å². The van der Waals surface area contributed by atoms with E-state index in [2.05, 4.69) is 33.0 Å². The molecule has 0 aliphatic rings. The van der Waals surface area contributed by atoms with E-state index in [1.807, 2.05) is 25.1 Å². The molecule has 0 spiro atoms. The monoisotopic (exact) mass is 269 g/mol. The lowest BCUT2D eigenvalue weighted by atomic mass is 10.0. The maximum absolute atomic E-state index is 5.93. The summed E-state index contributed by atoms with van der Waals surface area (Å²) in [6, 6.07) is 5.71. The summed E-state index contributed by atoms with van der Waals surface area (Å²) in [4.78, 5) is 0. The molecule has 0 saturated carbocycles. The molecule has 0 aliphatic carbocycles. The Bertz CT molecular complexity index is 390. The lowest BCUT2D eigenvalue weighted by Crippen LogP contribution is -2.43. The molecule has 0 radical (unpaired) electrons. The molecule has 2 nitrogen and oxygen atoms in total. The van der Waals surface area contributed by atoms with Gasteiger partial charge in [-0.3, -0.25) is 0 Å². The van der Waals surface area contributed by atoms with E-state index in [-0.39, 0.29) is 11.6 Å². The smallest absolute Gasteiger partial charge is 0.122 e. The van der Waals surface area contributed by atoms with Crippen LogP contribution in [0.1, 0.15) is 39.7 Å². The van der Waals surface area contributed by atoms with E-state index in [0.29, 0.717) is 0 Å². The van der Waals surface area contributed by atoms with Crippen molar-refractivity contribution >= 4 is 11.6 Å². The second-order valence-electron chi connectivity index (χ2n) is 5.46. The van der Waals surface area contributed by atoms with E-state index in [1.54, 1.807) is 0 Å². The molecular formula is C15H24ClNO. The molecule has 0 bridgehead atoms. The van der Waals surface area contributed by atoms with Crippen LogP contribution in [0.2, 0.25) is 5.02 Å². The third-order valence-corrected chi connectivity index (χ3v) is 3.45. The van der Waals surface area contributed by atoms with Crippen LogP contribution >= 0.6 is 11.6 Å². The molecule has 102 valence electrons. The molecule has 1 atom stereocenters. The number of hydrogen-bond donors (Lipinski definition) is 1. The second-order valence-corrected chi connectivity index (χ2v) is 5.89. The van der Waals surface area contributed by atoms with Gasteiger partial charge >= 0.3 is 0 Å². The van der Waals surface area contributed by atoms with Crippen molar-refractivity contribution in [1.82, 2.24) is 5.32 Å². The van der Waals surface area contributed by atoms with Gasteiger partial charge in [0.05, 0.1) is 0 Å². The highest BCUT2D eigenvalue weighted by molar-refractivity contribution is 6.30. The summed E-state index contributed by atoms with van der Waals surface area (Å²) in [6.45, 7) is 11.5. The zero-order valence-corrected chi connectivity index (χ0v) is 12.8. The number of ether oxygens (including phenoxy) is 1. The zero-order chi connectivity index (χ0) is 13.8. The minimum Gasteiger partial charge on any atom is -0.489 e. The quantitative estimate of drug-likeness (QED) is 0.836. The highest BCUT2D eigenvalue weighted by atomic mass is 35.5. The van der Waals surface area contributed by atoms with E-state index in [1.165, 1.54) is 0 Å². The van der Waals surface area contributed by atoms with Crippen molar-refractivity contribution in [2.24, 2.45) is 0 Å². The van der Waals surface area contributed by atoms with Gasteiger partial charge in [-0.05, 0) is 57.9 Å². The van der Waals surface area contributed by atoms with Gasteiger partial charge in [0.2, 0.25) is 0 Å². The molecular weight excluding hydrogens is 246 g/mol. The van der Waals surface area contributed by atoms with E-state index in [9.17, 15) is 0 Å². The van der Waals surface area contributed by atoms with Gasteiger partial charge in [0.25, 0.3) is 0 Å². The summed E-state index contributed by atoms with van der Waals surface area (Å²) in [5.41, 5.74) is 1.23. The van der Waals surface area contributed by atoms with Crippen LogP contribution in [0.25, 0.3) is 0 Å². The van der Waals surface area contributed by atoms with Crippen molar-refractivity contribution in [3.63, 3.8) is 0 Å². The Labute approximate surface area is 116 Å². The highest BCUT2D eigenvalue weighted by Crippen LogP contribution is 2.22. The Morgan fingerprint density at radius 3 is 2.61 bits per heavy atom. The molecule has 1 rings (SSSR count). The number of benzene rings is 1. The second kappa shape index (κ2) is 6.44. The van der Waals surface area contributed by atoms with E-state index >= 15 is 0 Å². The molecule has 1 aromatic rings. The summed E-state index contributed by atoms with van der Waals surface area (Å²) >= 11 is 5.93. The number of halogens is 1. The molecule has 0 aliphatic heterocycles. The standard InChI is InChI=1S/C15H24ClNO/c1-6-15(4,5)17-10-12(3)18-14-8-7-13(16)9-11(14)2/h7-9,12,17H,6,10H2,1-5H3. The van der Waals surface area contributed by atoms with E-state index in [0.717, 1.165) is 29.3 Å². The van der Waals surface area contributed by atoms with Gasteiger partial charge in [-0.25, -0.2) is 0 Å². The summed E-state index contributed by atoms with van der Waals surface area (Å²) < 4.78 is 5.92. The van der Waals surface area contributed by atoms with Gasteiger partial charge < -0.3 is 10.1 Å². The average Bonchev–Trinajstić information content (AvgIpc) is 2.30. The maximum atomic E-state index is 5.93. The molecule has 1 aromatic carbocycles. The van der Waals surface area contributed by atoms with Crippen LogP contribution in [0.4, 0.5) is 0 Å². The zero-order valence-electron chi connectivity index (χ0n) is 12.0. The molecule has 0 aromatic heterocycles. The molecule has 18 heavy (non-hydrogen) atoms. The Kier molecular flexibility index (Phi) is 5.48. The molecule has 1 unspecified atom stereocenters. The molecule has 0 amide bonds. The summed E-state index contributed by atoms with van der Waals surface area (Å²) in [7, 11) is 0. The number of hydrogen-bond acceptors (Lipinski definition) is 2. The third kappa shape index (κ3) is 4.87. The van der Waals surface area contributed by atoms with Crippen molar-refractivity contribution in [2.45, 2.75) is 52.7 Å². The van der Waals surface area contributed by atoms with Gasteiger partial charge in [0.1, 0.15) is 11.9 Å². The van der Waals surface area contributed by atoms with Gasteiger partial charge in [0.15, 0.2) is 0 Å². The number of aryl methyl sites for hydroxylation is 1. The van der Waals surface area contributed by atoms with Crippen LogP contribution in [0.5, 0.6) is 5.75 Å². The Balaban J connectivity index is 2.52. The van der Waals surface area contributed by atoms with Crippen LogP contribution in [0, 0.1) is 6.92 Å². The first-order valence-electron chi connectivity index (χ1n) is 6.52. The van der Waals surface area contributed by atoms with Crippen LogP contribution in [0.3, 0.4) is 0 Å². The SMILES string of the molecule is CCC(C)(C)NCC(C)Oc1ccc(Cl)cc1C. The van der Waals surface area contributed by atoms with E-state index < -0.39 is 0 Å². The topological polar surface area (TPSA) is 21.3 Å². The molecule has 0 heterocycles. The van der Waals surface area contributed by atoms with Crippen LogP contribution in [-0.2, 0) is 0 Å². The van der Waals surface area contributed by atoms with Gasteiger partial charge in [-0.1, -0.05) is 18.5 Å². The summed E-state index contributed by atoms with van der Waals surface area (Å²) in [6.07, 6.45) is 1.23. The predicted octanol–water partition coefficient (Wildman–Crippen LogP) is 4.19. The van der Waals surface area contributed by atoms with Crippen molar-refractivity contribution in [3.05, 3.63) is 28.8 Å². The average molecular weight is 270 g/mol. The van der Waals surface area contributed by atoms with Crippen LogP contribution in [-0.4, -0.2) is 18.2 Å². The molecule has 0 saturated heterocycles. The largest absolute Gasteiger partial charge is 0.489 e.